The molecule has 3 amide bonds. The van der Waals surface area contributed by atoms with Gasteiger partial charge >= 0.3 is 0 Å². The predicted octanol–water partition coefficient (Wildman–Crippen LogP) is 2.61. The molecule has 2 aromatic rings. The number of piperazine rings is 1. The van der Waals surface area contributed by atoms with Crippen LogP contribution in [0.4, 0.5) is 10.1 Å². The first-order valence-corrected chi connectivity index (χ1v) is 12.1. The normalized spacial score (nSPS) is 20.2. The molecule has 0 spiro atoms. The molecule has 2 heterocycles. The number of carbonyl (C=O) groups is 3. The third-order valence-corrected chi connectivity index (χ3v) is 7.04. The molecule has 2 fully saturated rings. The van der Waals surface area contributed by atoms with Gasteiger partial charge in [-0.1, -0.05) is 18.2 Å². The molecular weight excluding hydrogens is 465 g/mol. The van der Waals surface area contributed by atoms with E-state index in [1.807, 2.05) is 0 Å². The second-order valence-electron chi connectivity index (χ2n) is 9.18. The summed E-state index contributed by atoms with van der Waals surface area (Å²) in [6.45, 7) is 2.79. The quantitative estimate of drug-likeness (QED) is 0.392. The Kier molecular flexibility index (Phi) is 7.88. The van der Waals surface area contributed by atoms with E-state index in [0.29, 0.717) is 50.5 Å². The number of imide groups is 1. The van der Waals surface area contributed by atoms with Crippen molar-refractivity contribution in [1.29, 1.82) is 0 Å². The van der Waals surface area contributed by atoms with Gasteiger partial charge in [0.25, 0.3) is 0 Å². The number of carbonyl (C=O) groups excluding carboxylic acids is 3. The zero-order valence-electron chi connectivity index (χ0n) is 20.7. The molecule has 0 radical (unpaired) electrons. The van der Waals surface area contributed by atoms with Gasteiger partial charge in [0.2, 0.25) is 17.7 Å². The average Bonchev–Trinajstić information content (AvgIpc) is 3.14. The maximum Gasteiger partial charge on any atom is 0.241 e. The number of para-hydroxylation sites is 1. The minimum Gasteiger partial charge on any atom is -0.496 e. The van der Waals surface area contributed by atoms with Crippen molar-refractivity contribution in [3.8, 4) is 5.75 Å². The second-order valence-corrected chi connectivity index (χ2v) is 9.18. The van der Waals surface area contributed by atoms with Gasteiger partial charge in [-0.2, -0.15) is 0 Å². The maximum atomic E-state index is 13.8. The van der Waals surface area contributed by atoms with E-state index < -0.39 is 5.41 Å². The Balaban J connectivity index is 1.54. The summed E-state index contributed by atoms with van der Waals surface area (Å²) < 4.78 is 23.9. The smallest absolute Gasteiger partial charge is 0.241 e. The van der Waals surface area contributed by atoms with Crippen LogP contribution in [0.3, 0.4) is 0 Å². The fraction of sp³-hybridized carbons (Fsp3) is 0.444. The predicted molar refractivity (Wildman–Crippen MR) is 132 cm³/mol. The number of ether oxygens (including phenoxy) is 2. The van der Waals surface area contributed by atoms with Gasteiger partial charge in [-0.05, 0) is 36.8 Å². The van der Waals surface area contributed by atoms with E-state index in [0.717, 1.165) is 5.69 Å². The van der Waals surface area contributed by atoms with Crippen molar-refractivity contribution in [2.45, 2.75) is 24.7 Å². The number of benzene rings is 2. The molecule has 2 aliphatic rings. The molecule has 1 atom stereocenters. The van der Waals surface area contributed by atoms with Gasteiger partial charge in [0.05, 0.1) is 12.5 Å². The van der Waals surface area contributed by atoms with Gasteiger partial charge in [0.1, 0.15) is 11.6 Å². The molecule has 8 nitrogen and oxygen atoms in total. The molecule has 4 rings (SSSR count). The summed E-state index contributed by atoms with van der Waals surface area (Å²) in [6.07, 6.45) is 0.324. The fourth-order valence-corrected chi connectivity index (χ4v) is 5.11. The molecule has 0 N–H and O–H groups in total. The first kappa shape index (κ1) is 25.6. The average molecular weight is 498 g/mol. The summed E-state index contributed by atoms with van der Waals surface area (Å²) >= 11 is 0. The van der Waals surface area contributed by atoms with Gasteiger partial charge in [-0.15, -0.1) is 0 Å². The number of hydrogen-bond donors (Lipinski definition) is 0. The monoisotopic (exact) mass is 497 g/mol. The van der Waals surface area contributed by atoms with Crippen LogP contribution >= 0.6 is 0 Å². The van der Waals surface area contributed by atoms with E-state index >= 15 is 0 Å². The molecule has 0 aromatic heterocycles. The molecule has 192 valence electrons. The number of hydrogen-bond acceptors (Lipinski definition) is 6. The van der Waals surface area contributed by atoms with Crippen molar-refractivity contribution in [2.75, 3.05) is 58.5 Å². The van der Waals surface area contributed by atoms with Crippen LogP contribution in [0.15, 0.2) is 48.5 Å². The van der Waals surface area contributed by atoms with Gasteiger partial charge in [0, 0.05) is 70.5 Å². The largest absolute Gasteiger partial charge is 0.496 e. The minimum atomic E-state index is -1.32. The van der Waals surface area contributed by atoms with Gasteiger partial charge in [-0.3, -0.25) is 19.3 Å². The van der Waals surface area contributed by atoms with Crippen LogP contribution in [0.25, 0.3) is 0 Å². The molecule has 0 aliphatic carbocycles. The van der Waals surface area contributed by atoms with Crippen molar-refractivity contribution >= 4 is 23.4 Å². The van der Waals surface area contributed by atoms with E-state index in [1.165, 1.54) is 24.1 Å². The summed E-state index contributed by atoms with van der Waals surface area (Å²) in [7, 11) is 3.09. The molecular formula is C27H32FN3O5. The van der Waals surface area contributed by atoms with Gasteiger partial charge < -0.3 is 19.3 Å². The van der Waals surface area contributed by atoms with Gasteiger partial charge in [-0.25, -0.2) is 4.39 Å². The fourth-order valence-electron chi connectivity index (χ4n) is 5.11. The van der Waals surface area contributed by atoms with Crippen molar-refractivity contribution in [3.05, 3.63) is 59.9 Å². The zero-order valence-corrected chi connectivity index (χ0v) is 20.7. The summed E-state index contributed by atoms with van der Waals surface area (Å²) in [5.74, 6) is -0.658. The Hall–Kier alpha value is -3.46. The summed E-state index contributed by atoms with van der Waals surface area (Å²) in [6, 6.07) is 13.4. The lowest BCUT2D eigenvalue weighted by Crippen LogP contribution is -2.51. The Morgan fingerprint density at radius 1 is 1.00 bits per heavy atom. The van der Waals surface area contributed by atoms with Gasteiger partial charge in [0.15, 0.2) is 0 Å². The third kappa shape index (κ3) is 5.06. The zero-order chi connectivity index (χ0) is 25.7. The highest BCUT2D eigenvalue weighted by atomic mass is 19.1. The highest BCUT2D eigenvalue weighted by molar-refractivity contribution is 6.11. The molecule has 2 aliphatic heterocycles. The Labute approximate surface area is 210 Å². The van der Waals surface area contributed by atoms with E-state index in [2.05, 4.69) is 4.90 Å². The summed E-state index contributed by atoms with van der Waals surface area (Å²) in [4.78, 5) is 45.4. The first-order valence-electron chi connectivity index (χ1n) is 12.1. The molecule has 0 bridgehead atoms. The van der Waals surface area contributed by atoms with Crippen molar-refractivity contribution in [3.63, 3.8) is 0 Å². The SMILES string of the molecule is COCCCN1C(=O)CC(CC(=O)N2CCN(c3ccc(F)cc3)CC2)(c2ccccc2OC)C1=O. The van der Waals surface area contributed by atoms with Crippen LogP contribution in [0, 0.1) is 5.82 Å². The maximum absolute atomic E-state index is 13.8. The van der Waals surface area contributed by atoms with Crippen molar-refractivity contribution in [2.24, 2.45) is 0 Å². The summed E-state index contributed by atoms with van der Waals surface area (Å²) in [5, 5.41) is 0. The van der Waals surface area contributed by atoms with Crippen LogP contribution in [0.5, 0.6) is 5.75 Å². The number of amides is 3. The molecule has 2 aromatic carbocycles. The van der Waals surface area contributed by atoms with E-state index in [9.17, 15) is 18.8 Å². The van der Waals surface area contributed by atoms with E-state index in [1.54, 1.807) is 48.4 Å². The topological polar surface area (TPSA) is 79.4 Å². The van der Waals surface area contributed by atoms with E-state index in [-0.39, 0.29) is 42.9 Å². The molecule has 2 saturated heterocycles. The Bertz CT molecular complexity index is 1100. The molecule has 0 saturated carbocycles. The van der Waals surface area contributed by atoms with Crippen molar-refractivity contribution < 1.29 is 28.2 Å². The lowest BCUT2D eigenvalue weighted by Gasteiger charge is -2.38. The lowest BCUT2D eigenvalue weighted by atomic mass is 9.75. The molecule has 36 heavy (non-hydrogen) atoms. The highest BCUT2D eigenvalue weighted by Gasteiger charge is 2.55. The molecule has 9 heteroatoms. The number of likely N-dealkylation sites (tertiary alicyclic amines) is 1. The second kappa shape index (κ2) is 11.1. The Morgan fingerprint density at radius 3 is 2.36 bits per heavy atom. The minimum absolute atomic E-state index is 0.0829. The van der Waals surface area contributed by atoms with E-state index in [4.69, 9.17) is 9.47 Å². The summed E-state index contributed by atoms with van der Waals surface area (Å²) in [5.41, 5.74) is 0.137. The van der Waals surface area contributed by atoms with Crippen LogP contribution in [-0.2, 0) is 24.5 Å². The lowest BCUT2D eigenvalue weighted by molar-refractivity contribution is -0.143. The first-order chi connectivity index (χ1) is 17.4. The highest BCUT2D eigenvalue weighted by Crippen LogP contribution is 2.44. The Morgan fingerprint density at radius 2 is 1.69 bits per heavy atom. The number of rotatable bonds is 9. The number of nitrogens with zero attached hydrogens (tertiary/aromatic N) is 3. The molecule has 1 unspecified atom stereocenters. The third-order valence-electron chi connectivity index (χ3n) is 7.04. The number of halogens is 1. The van der Waals surface area contributed by atoms with Crippen LogP contribution in [-0.4, -0.2) is 81.1 Å². The van der Waals surface area contributed by atoms with Crippen LogP contribution in [0.1, 0.15) is 24.8 Å². The van der Waals surface area contributed by atoms with Crippen LogP contribution in [0.2, 0.25) is 0 Å². The van der Waals surface area contributed by atoms with Crippen LogP contribution < -0.4 is 9.64 Å². The van der Waals surface area contributed by atoms with Crippen molar-refractivity contribution in [1.82, 2.24) is 9.80 Å². The number of anilines is 1. The number of methoxy groups -OCH3 is 2. The standard InChI is InChI=1S/C27H32FN3O5/c1-35-17-5-12-31-25(33)19-27(26(31)34,22-6-3-4-7-23(22)36-2)18-24(32)30-15-13-29(14-16-30)21-10-8-20(28)9-11-21/h3-4,6-11H,5,12-19H2,1-2H3.